The van der Waals surface area contributed by atoms with E-state index >= 15 is 0 Å². The number of aryl methyl sites for hydroxylation is 1. The van der Waals surface area contributed by atoms with Gasteiger partial charge in [0.25, 0.3) is 0 Å². The van der Waals surface area contributed by atoms with Crippen LogP contribution in [0.3, 0.4) is 0 Å². The molecule has 0 unspecified atom stereocenters. The average molecular weight is 223 g/mol. The lowest BCUT2D eigenvalue weighted by Gasteiger charge is -2.09. The molecule has 0 aliphatic heterocycles. The number of benzene rings is 1. The Bertz CT molecular complexity index is 556. The SMILES string of the molecule is CC1=CCc2c1cc(C)cc2S(N)(=O)=O. The zero-order chi connectivity index (χ0) is 11.2. The molecule has 0 radical (unpaired) electrons. The Kier molecular flexibility index (Phi) is 2.20. The van der Waals surface area contributed by atoms with Crippen LogP contribution in [-0.2, 0) is 16.4 Å². The fourth-order valence-corrected chi connectivity index (χ4v) is 2.85. The molecule has 0 aromatic heterocycles. The predicted molar refractivity (Wildman–Crippen MR) is 59.9 cm³/mol. The number of hydrogen-bond donors (Lipinski definition) is 1. The standard InChI is InChI=1S/C11H13NO2S/c1-7-5-10-8(2)3-4-9(10)11(6-7)15(12,13)14/h3,5-6H,4H2,1-2H3,(H2,12,13,14). The van der Waals surface area contributed by atoms with Crippen molar-refractivity contribution in [1.82, 2.24) is 0 Å². The number of allylic oxidation sites excluding steroid dienone is 2. The van der Waals surface area contributed by atoms with Gasteiger partial charge in [0.2, 0.25) is 10.0 Å². The third kappa shape index (κ3) is 1.70. The molecule has 2 rings (SSSR count). The van der Waals surface area contributed by atoms with Gasteiger partial charge in [-0.1, -0.05) is 12.1 Å². The number of primary sulfonamides is 1. The molecular weight excluding hydrogens is 210 g/mol. The van der Waals surface area contributed by atoms with Crippen LogP contribution in [0.15, 0.2) is 23.1 Å². The minimum absolute atomic E-state index is 0.269. The second-order valence-corrected chi connectivity index (χ2v) is 5.46. The van der Waals surface area contributed by atoms with Gasteiger partial charge in [0.1, 0.15) is 0 Å². The summed E-state index contributed by atoms with van der Waals surface area (Å²) in [4.78, 5) is 0.269. The molecule has 0 heterocycles. The van der Waals surface area contributed by atoms with Crippen LogP contribution in [0.25, 0.3) is 5.57 Å². The molecule has 0 atom stereocenters. The highest BCUT2D eigenvalue weighted by Gasteiger charge is 2.21. The monoisotopic (exact) mass is 223 g/mol. The van der Waals surface area contributed by atoms with Crippen molar-refractivity contribution in [3.63, 3.8) is 0 Å². The number of nitrogens with two attached hydrogens (primary N) is 1. The number of fused-ring (bicyclic) bond motifs is 1. The normalized spacial score (nSPS) is 15.0. The summed E-state index contributed by atoms with van der Waals surface area (Å²) >= 11 is 0. The molecule has 1 aliphatic rings. The first-order valence-corrected chi connectivity index (χ1v) is 6.27. The summed E-state index contributed by atoms with van der Waals surface area (Å²) in [5.74, 6) is 0. The lowest BCUT2D eigenvalue weighted by atomic mass is 10.0. The Balaban J connectivity index is 2.77. The second-order valence-electron chi connectivity index (χ2n) is 3.93. The Morgan fingerprint density at radius 2 is 1.93 bits per heavy atom. The third-order valence-corrected chi connectivity index (χ3v) is 3.67. The zero-order valence-electron chi connectivity index (χ0n) is 8.74. The van der Waals surface area contributed by atoms with Crippen LogP contribution in [0.4, 0.5) is 0 Å². The van der Waals surface area contributed by atoms with Crippen LogP contribution in [0.2, 0.25) is 0 Å². The van der Waals surface area contributed by atoms with Crippen molar-refractivity contribution in [2.45, 2.75) is 25.2 Å². The lowest BCUT2D eigenvalue weighted by molar-refractivity contribution is 0.597. The van der Waals surface area contributed by atoms with E-state index in [0.717, 1.165) is 22.3 Å². The summed E-state index contributed by atoms with van der Waals surface area (Å²) in [5, 5.41) is 5.19. The van der Waals surface area contributed by atoms with Crippen LogP contribution in [0.5, 0.6) is 0 Å². The van der Waals surface area contributed by atoms with E-state index < -0.39 is 10.0 Å². The van der Waals surface area contributed by atoms with Crippen LogP contribution < -0.4 is 5.14 Å². The van der Waals surface area contributed by atoms with E-state index in [1.54, 1.807) is 6.07 Å². The van der Waals surface area contributed by atoms with Crippen LogP contribution in [0.1, 0.15) is 23.6 Å². The van der Waals surface area contributed by atoms with Crippen molar-refractivity contribution in [3.05, 3.63) is 34.9 Å². The van der Waals surface area contributed by atoms with Crippen molar-refractivity contribution in [3.8, 4) is 0 Å². The van der Waals surface area contributed by atoms with Crippen LogP contribution in [0, 0.1) is 6.92 Å². The first-order chi connectivity index (χ1) is 6.89. The van der Waals surface area contributed by atoms with E-state index in [9.17, 15) is 8.42 Å². The maximum absolute atomic E-state index is 11.4. The molecule has 0 saturated carbocycles. The minimum Gasteiger partial charge on any atom is -0.225 e. The van der Waals surface area contributed by atoms with Gasteiger partial charge in [-0.15, -0.1) is 0 Å². The fourth-order valence-electron chi connectivity index (χ4n) is 1.96. The van der Waals surface area contributed by atoms with E-state index in [1.807, 2.05) is 26.0 Å². The third-order valence-electron chi connectivity index (χ3n) is 2.70. The van der Waals surface area contributed by atoms with Gasteiger partial charge < -0.3 is 0 Å². The molecule has 0 spiro atoms. The number of sulfonamides is 1. The summed E-state index contributed by atoms with van der Waals surface area (Å²) in [6.07, 6.45) is 2.69. The molecule has 1 aromatic rings. The van der Waals surface area contributed by atoms with E-state index in [1.165, 1.54) is 0 Å². The highest BCUT2D eigenvalue weighted by molar-refractivity contribution is 7.89. The molecule has 3 nitrogen and oxygen atoms in total. The highest BCUT2D eigenvalue weighted by atomic mass is 32.2. The molecule has 0 fully saturated rings. The quantitative estimate of drug-likeness (QED) is 0.786. The Morgan fingerprint density at radius 1 is 1.27 bits per heavy atom. The van der Waals surface area contributed by atoms with Crippen molar-refractivity contribution < 1.29 is 8.42 Å². The van der Waals surface area contributed by atoms with Crippen molar-refractivity contribution in [2.75, 3.05) is 0 Å². The van der Waals surface area contributed by atoms with Gasteiger partial charge in [0, 0.05) is 0 Å². The van der Waals surface area contributed by atoms with E-state index in [-0.39, 0.29) is 4.90 Å². The molecule has 80 valence electrons. The van der Waals surface area contributed by atoms with E-state index in [0.29, 0.717) is 6.42 Å². The molecule has 0 amide bonds. The molecular formula is C11H13NO2S. The predicted octanol–water partition coefficient (Wildman–Crippen LogP) is 1.60. The molecule has 1 aromatic carbocycles. The fraction of sp³-hybridized carbons (Fsp3) is 0.273. The summed E-state index contributed by atoms with van der Waals surface area (Å²) in [6.45, 7) is 3.86. The van der Waals surface area contributed by atoms with Gasteiger partial charge in [-0.05, 0) is 48.6 Å². The lowest BCUT2D eigenvalue weighted by Crippen LogP contribution is -2.15. The Labute approximate surface area is 89.7 Å². The largest absolute Gasteiger partial charge is 0.238 e. The molecule has 0 bridgehead atoms. The first-order valence-electron chi connectivity index (χ1n) is 4.73. The summed E-state index contributed by atoms with van der Waals surface area (Å²) < 4.78 is 22.8. The molecule has 1 aliphatic carbocycles. The molecule has 15 heavy (non-hydrogen) atoms. The van der Waals surface area contributed by atoms with Crippen molar-refractivity contribution in [2.24, 2.45) is 5.14 Å². The van der Waals surface area contributed by atoms with Gasteiger partial charge in [-0.25, -0.2) is 13.6 Å². The van der Waals surface area contributed by atoms with Gasteiger partial charge in [-0.3, -0.25) is 0 Å². The summed E-state index contributed by atoms with van der Waals surface area (Å²) in [7, 11) is -3.61. The molecule has 2 N–H and O–H groups in total. The topological polar surface area (TPSA) is 60.2 Å². The average Bonchev–Trinajstić information content (AvgIpc) is 2.45. The number of hydrogen-bond acceptors (Lipinski definition) is 2. The molecule has 4 heteroatoms. The highest BCUT2D eigenvalue weighted by Crippen LogP contribution is 2.32. The summed E-state index contributed by atoms with van der Waals surface area (Å²) in [5.41, 5.74) is 3.89. The van der Waals surface area contributed by atoms with Gasteiger partial charge >= 0.3 is 0 Å². The molecule has 0 saturated heterocycles. The van der Waals surface area contributed by atoms with Crippen LogP contribution >= 0.6 is 0 Å². The van der Waals surface area contributed by atoms with E-state index in [4.69, 9.17) is 5.14 Å². The maximum atomic E-state index is 11.4. The van der Waals surface area contributed by atoms with Crippen molar-refractivity contribution in [1.29, 1.82) is 0 Å². The van der Waals surface area contributed by atoms with Crippen LogP contribution in [-0.4, -0.2) is 8.42 Å². The van der Waals surface area contributed by atoms with Gasteiger partial charge in [0.15, 0.2) is 0 Å². The van der Waals surface area contributed by atoms with Gasteiger partial charge in [-0.2, -0.15) is 0 Å². The first kappa shape index (κ1) is 10.4. The second kappa shape index (κ2) is 3.18. The smallest absolute Gasteiger partial charge is 0.225 e. The van der Waals surface area contributed by atoms with Crippen molar-refractivity contribution >= 4 is 15.6 Å². The number of rotatable bonds is 1. The Hall–Kier alpha value is -1.13. The van der Waals surface area contributed by atoms with Gasteiger partial charge in [0.05, 0.1) is 4.90 Å². The summed E-state index contributed by atoms with van der Waals surface area (Å²) in [6, 6.07) is 3.64. The zero-order valence-corrected chi connectivity index (χ0v) is 9.56. The van der Waals surface area contributed by atoms with E-state index in [2.05, 4.69) is 0 Å². The Morgan fingerprint density at radius 3 is 2.53 bits per heavy atom. The maximum Gasteiger partial charge on any atom is 0.238 e. The minimum atomic E-state index is -3.61.